The number of benzene rings is 3. The van der Waals surface area contributed by atoms with E-state index in [2.05, 4.69) is 6.07 Å². The Kier molecular flexibility index (Phi) is 4.29. The molecular weight excluding hydrogens is 286 g/mol. The molecule has 0 N–H and O–H groups in total. The number of hydrogen-bond donors (Lipinski definition) is 0. The summed E-state index contributed by atoms with van der Waals surface area (Å²) in [6, 6.07) is 21.5. The maximum atomic E-state index is 12.8. The highest BCUT2D eigenvalue weighted by molar-refractivity contribution is 6.08. The lowest BCUT2D eigenvalue weighted by Gasteiger charge is -2.19. The van der Waals surface area contributed by atoms with Crippen LogP contribution in [0.2, 0.25) is 0 Å². The third-order valence-corrected chi connectivity index (χ3v) is 3.84. The van der Waals surface area contributed by atoms with Crippen LogP contribution in [0.5, 0.6) is 5.75 Å². The van der Waals surface area contributed by atoms with Crippen molar-refractivity contribution in [3.05, 3.63) is 72.3 Å². The van der Waals surface area contributed by atoms with Crippen LogP contribution in [-0.4, -0.2) is 19.6 Å². The second-order valence-corrected chi connectivity index (χ2v) is 5.32. The van der Waals surface area contributed by atoms with Crippen molar-refractivity contribution < 1.29 is 9.53 Å². The Labute approximate surface area is 136 Å². The van der Waals surface area contributed by atoms with Gasteiger partial charge in [0.15, 0.2) is 0 Å². The Bertz CT molecular complexity index is 842. The summed E-state index contributed by atoms with van der Waals surface area (Å²) in [6.45, 7) is 2.44. The highest BCUT2D eigenvalue weighted by Crippen LogP contribution is 2.25. The molecule has 0 saturated carbocycles. The standard InChI is InChI=1S/C20H19NO2/c1-3-23-19-11-7-6-10-18(19)20(22)21(2)17-13-12-15-8-4-5-9-16(15)14-17/h4-14H,3H2,1-2H3. The number of rotatable bonds is 4. The van der Waals surface area contributed by atoms with Gasteiger partial charge in [-0.1, -0.05) is 42.5 Å². The molecule has 3 nitrogen and oxygen atoms in total. The van der Waals surface area contributed by atoms with Crippen LogP contribution < -0.4 is 9.64 Å². The number of hydrogen-bond acceptors (Lipinski definition) is 2. The smallest absolute Gasteiger partial charge is 0.261 e. The molecule has 3 aromatic rings. The summed E-state index contributed by atoms with van der Waals surface area (Å²) in [5, 5.41) is 2.27. The van der Waals surface area contributed by atoms with Gasteiger partial charge in [-0.05, 0) is 42.0 Å². The molecule has 3 aromatic carbocycles. The van der Waals surface area contributed by atoms with E-state index in [1.54, 1.807) is 18.0 Å². The van der Waals surface area contributed by atoms with E-state index in [-0.39, 0.29) is 5.91 Å². The fourth-order valence-electron chi connectivity index (χ4n) is 2.61. The van der Waals surface area contributed by atoms with Crippen LogP contribution in [0.3, 0.4) is 0 Å². The second-order valence-electron chi connectivity index (χ2n) is 5.32. The van der Waals surface area contributed by atoms with E-state index in [1.807, 2.05) is 61.5 Å². The first-order valence-corrected chi connectivity index (χ1v) is 7.69. The van der Waals surface area contributed by atoms with Crippen molar-refractivity contribution in [3.63, 3.8) is 0 Å². The molecule has 0 aliphatic carbocycles. The number of anilines is 1. The predicted octanol–water partition coefficient (Wildman–Crippen LogP) is 4.52. The van der Waals surface area contributed by atoms with Crippen molar-refractivity contribution >= 4 is 22.4 Å². The Morgan fingerprint density at radius 3 is 2.43 bits per heavy atom. The number of ether oxygens (including phenoxy) is 1. The summed E-state index contributed by atoms with van der Waals surface area (Å²) in [5.41, 5.74) is 1.44. The van der Waals surface area contributed by atoms with Crippen molar-refractivity contribution in [2.24, 2.45) is 0 Å². The number of carbonyl (C=O) groups excluding carboxylic acids is 1. The van der Waals surface area contributed by atoms with E-state index in [0.717, 1.165) is 16.5 Å². The Balaban J connectivity index is 1.95. The van der Waals surface area contributed by atoms with Crippen LogP contribution in [0.1, 0.15) is 17.3 Å². The van der Waals surface area contributed by atoms with Gasteiger partial charge in [0, 0.05) is 12.7 Å². The molecule has 0 unspecified atom stereocenters. The van der Waals surface area contributed by atoms with Gasteiger partial charge in [0.25, 0.3) is 5.91 Å². The molecular formula is C20H19NO2. The van der Waals surface area contributed by atoms with Gasteiger partial charge >= 0.3 is 0 Å². The first kappa shape index (κ1) is 15.1. The molecule has 0 saturated heterocycles. The number of fused-ring (bicyclic) bond motifs is 1. The third kappa shape index (κ3) is 3.04. The summed E-state index contributed by atoms with van der Waals surface area (Å²) < 4.78 is 5.57. The third-order valence-electron chi connectivity index (χ3n) is 3.84. The minimum absolute atomic E-state index is 0.0793. The monoisotopic (exact) mass is 305 g/mol. The van der Waals surface area contributed by atoms with Crippen LogP contribution in [-0.2, 0) is 0 Å². The summed E-state index contributed by atoms with van der Waals surface area (Å²) >= 11 is 0. The van der Waals surface area contributed by atoms with Gasteiger partial charge in [0.2, 0.25) is 0 Å². The van der Waals surface area contributed by atoms with E-state index in [0.29, 0.717) is 17.9 Å². The first-order valence-electron chi connectivity index (χ1n) is 7.69. The molecule has 0 heterocycles. The Hall–Kier alpha value is -2.81. The van der Waals surface area contributed by atoms with E-state index < -0.39 is 0 Å². The highest BCUT2D eigenvalue weighted by Gasteiger charge is 2.17. The summed E-state index contributed by atoms with van der Waals surface area (Å²) in [5.74, 6) is 0.539. The molecule has 1 amide bonds. The molecule has 0 aliphatic rings. The zero-order valence-corrected chi connectivity index (χ0v) is 13.3. The highest BCUT2D eigenvalue weighted by atomic mass is 16.5. The topological polar surface area (TPSA) is 29.5 Å². The Morgan fingerprint density at radius 1 is 0.957 bits per heavy atom. The number of para-hydroxylation sites is 1. The predicted molar refractivity (Wildman–Crippen MR) is 94.3 cm³/mol. The fraction of sp³-hybridized carbons (Fsp3) is 0.150. The zero-order chi connectivity index (χ0) is 16.2. The number of carbonyl (C=O) groups is 1. The van der Waals surface area contributed by atoms with E-state index in [4.69, 9.17) is 4.74 Å². The molecule has 3 heteroatoms. The molecule has 116 valence electrons. The SMILES string of the molecule is CCOc1ccccc1C(=O)N(C)c1ccc2ccccc2c1. The minimum atomic E-state index is -0.0793. The second kappa shape index (κ2) is 6.53. The molecule has 3 rings (SSSR count). The number of nitrogens with zero attached hydrogens (tertiary/aromatic N) is 1. The molecule has 0 aromatic heterocycles. The van der Waals surface area contributed by atoms with Gasteiger partial charge in [0.1, 0.15) is 5.75 Å². The molecule has 0 bridgehead atoms. The van der Waals surface area contributed by atoms with Gasteiger partial charge in [-0.2, -0.15) is 0 Å². The lowest BCUT2D eigenvalue weighted by atomic mass is 10.1. The fourth-order valence-corrected chi connectivity index (χ4v) is 2.61. The maximum Gasteiger partial charge on any atom is 0.261 e. The zero-order valence-electron chi connectivity index (χ0n) is 13.3. The van der Waals surface area contributed by atoms with Crippen LogP contribution in [0.4, 0.5) is 5.69 Å². The van der Waals surface area contributed by atoms with Crippen molar-refractivity contribution in [3.8, 4) is 5.75 Å². The van der Waals surface area contributed by atoms with E-state index in [1.165, 1.54) is 0 Å². The van der Waals surface area contributed by atoms with Crippen LogP contribution in [0.25, 0.3) is 10.8 Å². The largest absolute Gasteiger partial charge is 0.493 e. The average Bonchev–Trinajstić information content (AvgIpc) is 2.61. The molecule has 0 atom stereocenters. The van der Waals surface area contributed by atoms with Crippen LogP contribution in [0, 0.1) is 0 Å². The summed E-state index contributed by atoms with van der Waals surface area (Å²) in [7, 11) is 1.79. The normalized spacial score (nSPS) is 10.5. The summed E-state index contributed by atoms with van der Waals surface area (Å²) in [6.07, 6.45) is 0. The Morgan fingerprint density at radius 2 is 1.65 bits per heavy atom. The summed E-state index contributed by atoms with van der Waals surface area (Å²) in [4.78, 5) is 14.5. The van der Waals surface area contributed by atoms with Crippen molar-refractivity contribution in [1.29, 1.82) is 0 Å². The van der Waals surface area contributed by atoms with Gasteiger partial charge < -0.3 is 9.64 Å². The molecule has 0 aliphatic heterocycles. The van der Waals surface area contributed by atoms with Gasteiger partial charge in [-0.25, -0.2) is 0 Å². The minimum Gasteiger partial charge on any atom is -0.493 e. The average molecular weight is 305 g/mol. The lowest BCUT2D eigenvalue weighted by molar-refractivity contribution is 0.0989. The molecule has 0 fully saturated rings. The van der Waals surface area contributed by atoms with E-state index in [9.17, 15) is 4.79 Å². The van der Waals surface area contributed by atoms with Gasteiger partial charge in [-0.3, -0.25) is 4.79 Å². The maximum absolute atomic E-state index is 12.8. The molecule has 23 heavy (non-hydrogen) atoms. The van der Waals surface area contributed by atoms with Crippen molar-refractivity contribution in [1.82, 2.24) is 0 Å². The van der Waals surface area contributed by atoms with Crippen LogP contribution >= 0.6 is 0 Å². The van der Waals surface area contributed by atoms with Gasteiger partial charge in [-0.15, -0.1) is 0 Å². The van der Waals surface area contributed by atoms with Crippen molar-refractivity contribution in [2.45, 2.75) is 6.92 Å². The lowest BCUT2D eigenvalue weighted by Crippen LogP contribution is -2.26. The quantitative estimate of drug-likeness (QED) is 0.709. The van der Waals surface area contributed by atoms with E-state index >= 15 is 0 Å². The van der Waals surface area contributed by atoms with Crippen LogP contribution in [0.15, 0.2) is 66.7 Å². The van der Waals surface area contributed by atoms with Crippen molar-refractivity contribution in [2.75, 3.05) is 18.6 Å². The van der Waals surface area contributed by atoms with Gasteiger partial charge in [0.05, 0.1) is 12.2 Å². The number of amides is 1. The molecule has 0 radical (unpaired) electrons. The molecule has 0 spiro atoms. The first-order chi connectivity index (χ1) is 11.2.